The van der Waals surface area contributed by atoms with Crippen molar-refractivity contribution in [1.29, 1.82) is 0 Å². The second kappa shape index (κ2) is 14.9. The summed E-state index contributed by atoms with van der Waals surface area (Å²) in [4.78, 5) is 42.0. The van der Waals surface area contributed by atoms with Gasteiger partial charge in [0.2, 0.25) is 0 Å². The van der Waals surface area contributed by atoms with Gasteiger partial charge in [-0.2, -0.15) is 0 Å². The molecule has 0 aliphatic heterocycles. The Morgan fingerprint density at radius 1 is 1.05 bits per heavy atom. The maximum atomic E-state index is 14.1. The van der Waals surface area contributed by atoms with Crippen LogP contribution in [0.25, 0.3) is 0 Å². The first kappa shape index (κ1) is 33.0. The summed E-state index contributed by atoms with van der Waals surface area (Å²) < 4.78 is 20.3. The Kier molecular flexibility index (Phi) is 12.3. The molecule has 12 heteroatoms. The van der Waals surface area contributed by atoms with Gasteiger partial charge in [0.1, 0.15) is 23.2 Å². The van der Waals surface area contributed by atoms with Crippen molar-refractivity contribution in [3.63, 3.8) is 0 Å². The lowest BCUT2D eigenvalue weighted by Crippen LogP contribution is -2.26. The monoisotopic (exact) mass is 610 g/mol. The van der Waals surface area contributed by atoms with E-state index in [1.165, 1.54) is 18.3 Å². The number of ketones is 1. The van der Waals surface area contributed by atoms with E-state index in [9.17, 15) is 18.8 Å². The predicted octanol–water partition coefficient (Wildman–Crippen LogP) is 6.18. The Labute approximate surface area is 249 Å². The van der Waals surface area contributed by atoms with E-state index in [2.05, 4.69) is 15.6 Å². The summed E-state index contributed by atoms with van der Waals surface area (Å²) in [6.45, 7) is 2.39. The van der Waals surface area contributed by atoms with E-state index in [4.69, 9.17) is 22.1 Å². The van der Waals surface area contributed by atoms with E-state index in [0.717, 1.165) is 17.7 Å². The highest BCUT2D eigenvalue weighted by molar-refractivity contribution is 6.30. The Morgan fingerprint density at radius 2 is 1.75 bits per heavy atom. The molecule has 0 radical (unpaired) electrons. The smallest absolute Gasteiger partial charge is 0.259 e. The minimum absolute atomic E-state index is 0. The van der Waals surface area contributed by atoms with Crippen molar-refractivity contribution in [3.8, 4) is 5.75 Å². The zero-order chi connectivity index (χ0) is 27.2. The molecule has 0 spiro atoms. The van der Waals surface area contributed by atoms with E-state index in [0.29, 0.717) is 43.0 Å². The van der Waals surface area contributed by atoms with Crippen LogP contribution < -0.4 is 21.1 Å². The first-order valence-corrected chi connectivity index (χ1v) is 12.7. The number of ether oxygens (including phenoxy) is 1. The summed E-state index contributed by atoms with van der Waals surface area (Å²) in [6, 6.07) is 11.8. The maximum Gasteiger partial charge on any atom is 0.259 e. The van der Waals surface area contributed by atoms with Gasteiger partial charge in [0.25, 0.3) is 11.8 Å². The molecule has 4 N–H and O–H groups in total. The molecular weight excluding hydrogens is 582 g/mol. The van der Waals surface area contributed by atoms with Crippen molar-refractivity contribution in [3.05, 3.63) is 82.3 Å². The number of benzene rings is 2. The number of nitrogens with two attached hydrogens (primary N) is 1. The average Bonchev–Trinajstić information content (AvgIpc) is 2.91. The van der Waals surface area contributed by atoms with E-state index in [1.54, 1.807) is 24.3 Å². The van der Waals surface area contributed by atoms with E-state index in [1.807, 2.05) is 6.92 Å². The number of hydrogen-bond donors (Lipinski definition) is 3. The molecule has 2 amide bonds. The average molecular weight is 612 g/mol. The molecule has 1 saturated carbocycles. The highest BCUT2D eigenvalue weighted by Gasteiger charge is 2.24. The summed E-state index contributed by atoms with van der Waals surface area (Å²) in [7, 11) is 0. The molecular formula is C28H30Cl3FN4O4. The Morgan fingerprint density at radius 3 is 2.40 bits per heavy atom. The largest absolute Gasteiger partial charge is 0.490 e. The van der Waals surface area contributed by atoms with Crippen LogP contribution in [0.2, 0.25) is 5.02 Å². The van der Waals surface area contributed by atoms with Crippen LogP contribution in [0.5, 0.6) is 5.75 Å². The molecule has 0 bridgehead atoms. The number of carbonyl (C=O) groups excluding carboxylic acids is 3. The molecule has 214 valence electrons. The quantitative estimate of drug-likeness (QED) is 0.280. The van der Waals surface area contributed by atoms with Gasteiger partial charge >= 0.3 is 0 Å². The molecule has 1 heterocycles. The minimum Gasteiger partial charge on any atom is -0.490 e. The van der Waals surface area contributed by atoms with Gasteiger partial charge in [-0.15, -0.1) is 24.8 Å². The zero-order valence-corrected chi connectivity index (χ0v) is 24.0. The van der Waals surface area contributed by atoms with E-state index in [-0.39, 0.29) is 65.3 Å². The first-order chi connectivity index (χ1) is 18.2. The van der Waals surface area contributed by atoms with E-state index >= 15 is 0 Å². The third-order valence-corrected chi connectivity index (χ3v) is 6.62. The van der Waals surface area contributed by atoms with Crippen molar-refractivity contribution in [2.75, 3.05) is 17.2 Å². The summed E-state index contributed by atoms with van der Waals surface area (Å²) in [5.74, 6) is -1.03. The van der Waals surface area contributed by atoms with Crippen LogP contribution in [0.15, 0.2) is 54.7 Å². The molecule has 2 aromatic carbocycles. The number of hydrogen-bond acceptors (Lipinski definition) is 6. The molecule has 1 aliphatic carbocycles. The van der Waals surface area contributed by atoms with Gasteiger partial charge in [0.05, 0.1) is 27.9 Å². The van der Waals surface area contributed by atoms with Crippen molar-refractivity contribution < 1.29 is 23.5 Å². The Bertz CT molecular complexity index is 1350. The molecule has 1 fully saturated rings. The predicted molar refractivity (Wildman–Crippen MR) is 158 cm³/mol. The SMILES string of the molecule is CC(CN)c1ccc(C(=O)Nc2ccc(F)cc2C(=O)Nc2ccc(Cl)cn2)c(OC2CCC(=O)CC2)c1.Cl.Cl. The number of halogens is 4. The normalized spacial score (nSPS) is 13.8. The van der Waals surface area contributed by atoms with Gasteiger partial charge in [0, 0.05) is 19.0 Å². The highest BCUT2D eigenvalue weighted by Crippen LogP contribution is 2.30. The van der Waals surface area contributed by atoms with Crippen LogP contribution in [0, 0.1) is 5.82 Å². The molecule has 3 aromatic rings. The van der Waals surface area contributed by atoms with Gasteiger partial charge in [-0.05, 0) is 73.3 Å². The molecule has 8 nitrogen and oxygen atoms in total. The third kappa shape index (κ3) is 8.38. The fourth-order valence-corrected chi connectivity index (χ4v) is 4.23. The zero-order valence-electron chi connectivity index (χ0n) is 21.6. The number of pyridine rings is 1. The van der Waals surface area contributed by atoms with Crippen molar-refractivity contribution >= 4 is 65.5 Å². The summed E-state index contributed by atoms with van der Waals surface area (Å²) in [5.41, 5.74) is 7.00. The van der Waals surface area contributed by atoms with Crippen LogP contribution >= 0.6 is 36.4 Å². The molecule has 4 rings (SSSR count). The van der Waals surface area contributed by atoms with Crippen LogP contribution in [-0.2, 0) is 4.79 Å². The van der Waals surface area contributed by atoms with Crippen LogP contribution in [0.4, 0.5) is 15.9 Å². The number of aromatic nitrogens is 1. The maximum absolute atomic E-state index is 14.1. The Balaban J connectivity index is 0.00000280. The van der Waals surface area contributed by atoms with Gasteiger partial charge in [-0.1, -0.05) is 24.6 Å². The summed E-state index contributed by atoms with van der Waals surface area (Å²) in [6.07, 6.45) is 3.16. The fourth-order valence-electron chi connectivity index (χ4n) is 4.11. The number of carbonyl (C=O) groups is 3. The number of rotatable bonds is 8. The molecule has 0 saturated heterocycles. The lowest BCUT2D eigenvalue weighted by atomic mass is 9.96. The number of nitrogens with one attached hydrogen (secondary N) is 2. The second-order valence-corrected chi connectivity index (χ2v) is 9.64. The number of nitrogens with zero attached hydrogens (tertiary/aromatic N) is 1. The highest BCUT2D eigenvalue weighted by atomic mass is 35.5. The van der Waals surface area contributed by atoms with E-state index < -0.39 is 17.6 Å². The lowest BCUT2D eigenvalue weighted by Gasteiger charge is -2.24. The topological polar surface area (TPSA) is 123 Å². The molecule has 1 atom stereocenters. The van der Waals surface area contributed by atoms with Crippen LogP contribution in [0.1, 0.15) is 64.8 Å². The summed E-state index contributed by atoms with van der Waals surface area (Å²) in [5, 5.41) is 5.68. The number of amides is 2. The molecule has 1 aliphatic rings. The number of Topliss-reactive ketones (excluding diaryl/α,β-unsaturated/α-hetero) is 1. The molecule has 1 unspecified atom stereocenters. The van der Waals surface area contributed by atoms with Crippen LogP contribution in [-0.4, -0.2) is 35.2 Å². The summed E-state index contributed by atoms with van der Waals surface area (Å²) >= 11 is 5.84. The van der Waals surface area contributed by atoms with Crippen molar-refractivity contribution in [2.24, 2.45) is 5.73 Å². The number of anilines is 2. The lowest BCUT2D eigenvalue weighted by molar-refractivity contribution is -0.121. The molecule has 1 aromatic heterocycles. The van der Waals surface area contributed by atoms with Crippen LogP contribution in [0.3, 0.4) is 0 Å². The standard InChI is InChI=1S/C28H28ClFN4O4.2ClH/c1-16(14-31)17-2-9-22(25(12-17)38-21-7-5-20(35)6-8-21)27(36)33-24-10-4-19(30)13-23(24)28(37)34-26-11-3-18(29)15-32-26;;/h2-4,9-13,15-16,21H,5-8,14,31H2,1H3,(H,33,36)(H,32,34,37);2*1H. The molecule has 40 heavy (non-hydrogen) atoms. The minimum atomic E-state index is -0.662. The fraction of sp³-hybridized carbons (Fsp3) is 0.286. The van der Waals surface area contributed by atoms with Crippen molar-refractivity contribution in [2.45, 2.75) is 44.6 Å². The van der Waals surface area contributed by atoms with Crippen molar-refractivity contribution in [1.82, 2.24) is 4.98 Å². The Hall–Kier alpha value is -3.24. The third-order valence-electron chi connectivity index (χ3n) is 6.40. The second-order valence-electron chi connectivity index (χ2n) is 9.21. The first-order valence-electron chi connectivity index (χ1n) is 12.3. The van der Waals surface area contributed by atoms with Gasteiger partial charge in [-0.25, -0.2) is 9.37 Å². The van der Waals surface area contributed by atoms with Gasteiger partial charge in [0.15, 0.2) is 0 Å². The van der Waals surface area contributed by atoms with Gasteiger partial charge in [-0.3, -0.25) is 14.4 Å². The van der Waals surface area contributed by atoms with Gasteiger partial charge < -0.3 is 21.1 Å².